The number of nitrogens with zero attached hydrogens (tertiary/aromatic N) is 1. The van der Waals surface area contributed by atoms with Crippen molar-refractivity contribution in [3.05, 3.63) is 27.8 Å². The van der Waals surface area contributed by atoms with E-state index in [1.54, 1.807) is 0 Å². The molecule has 0 radical (unpaired) electrons. The van der Waals surface area contributed by atoms with Crippen LogP contribution in [-0.2, 0) is 4.74 Å². The molecule has 0 amide bonds. The normalized spacial score (nSPS) is 9.75. The van der Waals surface area contributed by atoms with Crippen molar-refractivity contribution in [3.63, 3.8) is 0 Å². The SMILES string of the molecule is COC(=O)c1cc(OC)c(OC)cc1OCC[N+](=O)[O-]. The average molecular weight is 285 g/mol. The summed E-state index contributed by atoms with van der Waals surface area (Å²) < 4.78 is 20.0. The zero-order valence-corrected chi connectivity index (χ0v) is 11.4. The van der Waals surface area contributed by atoms with Gasteiger partial charge in [0.2, 0.25) is 6.54 Å². The maximum absolute atomic E-state index is 11.7. The summed E-state index contributed by atoms with van der Waals surface area (Å²) in [6.07, 6.45) is 0. The van der Waals surface area contributed by atoms with Gasteiger partial charge in [-0.2, -0.15) is 0 Å². The van der Waals surface area contributed by atoms with Gasteiger partial charge in [0.15, 0.2) is 18.1 Å². The molecule has 0 aliphatic carbocycles. The first kappa shape index (κ1) is 15.5. The van der Waals surface area contributed by atoms with Gasteiger partial charge in [0, 0.05) is 17.1 Å². The molecule has 0 aromatic heterocycles. The number of hydrogen-bond acceptors (Lipinski definition) is 7. The van der Waals surface area contributed by atoms with Crippen molar-refractivity contribution in [2.24, 2.45) is 0 Å². The van der Waals surface area contributed by atoms with Crippen molar-refractivity contribution >= 4 is 5.97 Å². The topological polar surface area (TPSA) is 97.1 Å². The molecule has 0 aliphatic rings. The van der Waals surface area contributed by atoms with Gasteiger partial charge in [0.25, 0.3) is 0 Å². The molecule has 1 aromatic carbocycles. The van der Waals surface area contributed by atoms with Crippen LogP contribution in [0.3, 0.4) is 0 Å². The van der Waals surface area contributed by atoms with Crippen LogP contribution in [0.2, 0.25) is 0 Å². The van der Waals surface area contributed by atoms with Gasteiger partial charge in [-0.3, -0.25) is 10.1 Å². The fraction of sp³-hybridized carbons (Fsp3) is 0.417. The van der Waals surface area contributed by atoms with E-state index < -0.39 is 10.9 Å². The highest BCUT2D eigenvalue weighted by Gasteiger charge is 2.19. The Hall–Kier alpha value is -2.51. The number of carbonyl (C=O) groups is 1. The van der Waals surface area contributed by atoms with E-state index in [4.69, 9.17) is 14.2 Å². The molecule has 110 valence electrons. The molecule has 0 bridgehead atoms. The molecule has 0 unspecified atom stereocenters. The number of esters is 1. The van der Waals surface area contributed by atoms with Gasteiger partial charge >= 0.3 is 5.97 Å². The largest absolute Gasteiger partial charge is 0.493 e. The lowest BCUT2D eigenvalue weighted by atomic mass is 10.1. The maximum atomic E-state index is 11.7. The van der Waals surface area contributed by atoms with Crippen molar-refractivity contribution in [1.29, 1.82) is 0 Å². The van der Waals surface area contributed by atoms with Crippen LogP contribution in [0.4, 0.5) is 0 Å². The molecule has 0 aliphatic heterocycles. The lowest BCUT2D eigenvalue weighted by Crippen LogP contribution is -2.13. The van der Waals surface area contributed by atoms with E-state index in [1.165, 1.54) is 33.5 Å². The van der Waals surface area contributed by atoms with E-state index >= 15 is 0 Å². The lowest BCUT2D eigenvalue weighted by molar-refractivity contribution is -0.481. The Morgan fingerprint density at radius 3 is 2.25 bits per heavy atom. The zero-order chi connectivity index (χ0) is 15.1. The van der Waals surface area contributed by atoms with Gasteiger partial charge in [0.1, 0.15) is 11.3 Å². The first-order valence-electron chi connectivity index (χ1n) is 5.62. The third-order valence-electron chi connectivity index (χ3n) is 2.42. The summed E-state index contributed by atoms with van der Waals surface area (Å²) in [6, 6.07) is 2.82. The van der Waals surface area contributed by atoms with Crippen molar-refractivity contribution in [2.45, 2.75) is 0 Å². The minimum Gasteiger partial charge on any atom is -0.493 e. The third-order valence-corrected chi connectivity index (χ3v) is 2.42. The van der Waals surface area contributed by atoms with Crippen molar-refractivity contribution in [2.75, 3.05) is 34.5 Å². The third kappa shape index (κ3) is 3.74. The zero-order valence-electron chi connectivity index (χ0n) is 11.4. The van der Waals surface area contributed by atoms with Crippen LogP contribution in [0, 0.1) is 10.1 Å². The van der Waals surface area contributed by atoms with Crippen molar-refractivity contribution in [3.8, 4) is 17.2 Å². The molecular weight excluding hydrogens is 270 g/mol. The molecule has 20 heavy (non-hydrogen) atoms. The standard InChI is InChI=1S/C12H15NO7/c1-17-10-6-8(12(14)19-3)9(7-11(10)18-2)20-5-4-13(15)16/h6-7H,4-5H2,1-3H3. The summed E-state index contributed by atoms with van der Waals surface area (Å²) in [7, 11) is 4.07. The Labute approximate surface area is 115 Å². The summed E-state index contributed by atoms with van der Waals surface area (Å²) in [5.74, 6) is 0.171. The quantitative estimate of drug-likeness (QED) is 0.421. The number of methoxy groups -OCH3 is 3. The monoisotopic (exact) mass is 285 g/mol. The summed E-state index contributed by atoms with van der Waals surface area (Å²) >= 11 is 0. The van der Waals surface area contributed by atoms with E-state index in [2.05, 4.69) is 4.74 Å². The summed E-state index contributed by atoms with van der Waals surface area (Å²) in [5, 5.41) is 10.3. The molecular formula is C12H15NO7. The van der Waals surface area contributed by atoms with Gasteiger partial charge in [-0.05, 0) is 0 Å². The van der Waals surface area contributed by atoms with E-state index in [1.807, 2.05) is 0 Å². The van der Waals surface area contributed by atoms with Crippen LogP contribution in [0.1, 0.15) is 10.4 Å². The van der Waals surface area contributed by atoms with E-state index in [0.717, 1.165) is 0 Å². The fourth-order valence-corrected chi connectivity index (χ4v) is 1.48. The Balaban J connectivity index is 3.10. The molecule has 8 heteroatoms. The molecule has 0 heterocycles. The Morgan fingerprint density at radius 1 is 1.15 bits per heavy atom. The van der Waals surface area contributed by atoms with E-state index in [0.29, 0.717) is 11.5 Å². The first-order valence-corrected chi connectivity index (χ1v) is 5.62. The molecule has 1 rings (SSSR count). The second-order valence-electron chi connectivity index (χ2n) is 3.60. The molecule has 0 N–H and O–H groups in total. The predicted molar refractivity (Wildman–Crippen MR) is 68.2 cm³/mol. The lowest BCUT2D eigenvalue weighted by Gasteiger charge is -2.13. The Bertz CT molecular complexity index is 501. The number of benzene rings is 1. The summed E-state index contributed by atoms with van der Waals surface area (Å²) in [5.41, 5.74) is 0.105. The minimum atomic E-state index is -0.637. The molecule has 0 spiro atoms. The second kappa shape index (κ2) is 7.17. The number of ether oxygens (including phenoxy) is 4. The van der Waals surface area contributed by atoms with E-state index in [-0.39, 0.29) is 24.5 Å². The van der Waals surface area contributed by atoms with Crippen LogP contribution in [-0.4, -0.2) is 45.4 Å². The average Bonchev–Trinajstić information content (AvgIpc) is 2.45. The van der Waals surface area contributed by atoms with Gasteiger partial charge in [-0.1, -0.05) is 0 Å². The number of hydrogen-bond donors (Lipinski definition) is 0. The predicted octanol–water partition coefficient (Wildman–Crippen LogP) is 1.15. The van der Waals surface area contributed by atoms with Crippen LogP contribution in [0.25, 0.3) is 0 Å². The fourth-order valence-electron chi connectivity index (χ4n) is 1.48. The molecule has 0 fully saturated rings. The highest BCUT2D eigenvalue weighted by Crippen LogP contribution is 2.35. The highest BCUT2D eigenvalue weighted by molar-refractivity contribution is 5.93. The smallest absolute Gasteiger partial charge is 0.341 e. The number of carbonyl (C=O) groups excluding carboxylic acids is 1. The van der Waals surface area contributed by atoms with Gasteiger partial charge in [-0.25, -0.2) is 4.79 Å². The van der Waals surface area contributed by atoms with Crippen LogP contribution in [0.15, 0.2) is 12.1 Å². The second-order valence-corrected chi connectivity index (χ2v) is 3.60. The number of rotatable bonds is 7. The molecule has 8 nitrogen and oxygen atoms in total. The summed E-state index contributed by atoms with van der Waals surface area (Å²) in [6.45, 7) is -0.554. The Kier molecular flexibility index (Phi) is 5.57. The van der Waals surface area contributed by atoms with Crippen LogP contribution in [0.5, 0.6) is 17.2 Å². The molecule has 0 atom stereocenters. The van der Waals surface area contributed by atoms with Crippen molar-refractivity contribution in [1.82, 2.24) is 0 Å². The first-order chi connectivity index (χ1) is 9.53. The molecule has 1 aromatic rings. The Morgan fingerprint density at radius 2 is 1.75 bits per heavy atom. The minimum absolute atomic E-state index is 0.105. The number of nitro groups is 1. The van der Waals surface area contributed by atoms with Gasteiger partial charge in [0.05, 0.1) is 21.3 Å². The molecule has 0 saturated heterocycles. The van der Waals surface area contributed by atoms with Crippen LogP contribution >= 0.6 is 0 Å². The van der Waals surface area contributed by atoms with Gasteiger partial charge in [-0.15, -0.1) is 0 Å². The maximum Gasteiger partial charge on any atom is 0.341 e. The molecule has 0 saturated carbocycles. The summed E-state index contributed by atoms with van der Waals surface area (Å²) in [4.78, 5) is 21.4. The highest BCUT2D eigenvalue weighted by atomic mass is 16.6. The van der Waals surface area contributed by atoms with Crippen molar-refractivity contribution < 1.29 is 28.7 Å². The van der Waals surface area contributed by atoms with E-state index in [9.17, 15) is 14.9 Å². The van der Waals surface area contributed by atoms with Gasteiger partial charge < -0.3 is 18.9 Å². The van der Waals surface area contributed by atoms with Crippen LogP contribution < -0.4 is 14.2 Å².